The van der Waals surface area contributed by atoms with Gasteiger partial charge in [-0.1, -0.05) is 29.4 Å². The number of benzene rings is 2. The highest BCUT2D eigenvalue weighted by Gasteiger charge is 2.27. The molecule has 2 aromatic heterocycles. The van der Waals surface area contributed by atoms with Gasteiger partial charge in [-0.05, 0) is 60.7 Å². The minimum atomic E-state index is -0.495. The molecule has 2 aromatic carbocycles. The topological polar surface area (TPSA) is 135 Å². The Kier molecular flexibility index (Phi) is 5.98. The fourth-order valence-corrected chi connectivity index (χ4v) is 4.73. The summed E-state index contributed by atoms with van der Waals surface area (Å²) >= 11 is 0. The van der Waals surface area contributed by atoms with Gasteiger partial charge in [0, 0.05) is 18.2 Å². The highest BCUT2D eigenvalue weighted by molar-refractivity contribution is 6.00. The van der Waals surface area contributed by atoms with Gasteiger partial charge in [0.05, 0.1) is 6.04 Å². The molecule has 4 aromatic rings. The number of carbonyl (C=O) groups is 2. The summed E-state index contributed by atoms with van der Waals surface area (Å²) in [4.78, 5) is 39.7. The number of aromatic nitrogens is 4. The molecule has 3 N–H and O–H groups in total. The number of aryl methyl sites for hydroxylation is 2. The first-order chi connectivity index (χ1) is 18.9. The Morgan fingerprint density at radius 2 is 2.08 bits per heavy atom. The molecular weight excluding hydrogens is 503 g/mol. The first kappa shape index (κ1) is 24.2. The monoisotopic (exact) mass is 526 g/mol. The van der Waals surface area contributed by atoms with Crippen molar-refractivity contribution in [2.75, 3.05) is 0 Å². The lowest BCUT2D eigenvalue weighted by Crippen LogP contribution is -2.30. The zero-order valence-corrected chi connectivity index (χ0v) is 20.9. The average Bonchev–Trinajstić information content (AvgIpc) is 3.68. The Morgan fingerprint density at radius 1 is 1.21 bits per heavy atom. The van der Waals surface area contributed by atoms with E-state index in [9.17, 15) is 14.0 Å². The molecule has 2 amide bonds. The number of carbonyl (C=O) groups excluding carboxylic acids is 2. The third-order valence-corrected chi connectivity index (χ3v) is 6.70. The van der Waals surface area contributed by atoms with Crippen LogP contribution in [0.5, 0.6) is 0 Å². The van der Waals surface area contributed by atoms with Crippen molar-refractivity contribution in [2.24, 2.45) is 5.16 Å². The van der Waals surface area contributed by atoms with Crippen LogP contribution in [-0.4, -0.2) is 37.2 Å². The van der Waals surface area contributed by atoms with Crippen molar-refractivity contribution in [1.29, 1.82) is 0 Å². The van der Waals surface area contributed by atoms with Crippen molar-refractivity contribution in [1.82, 2.24) is 35.5 Å². The lowest BCUT2D eigenvalue weighted by Gasteiger charge is -2.15. The van der Waals surface area contributed by atoms with Gasteiger partial charge in [-0.15, -0.1) is 0 Å². The second-order valence-electron chi connectivity index (χ2n) is 9.32. The van der Waals surface area contributed by atoms with Gasteiger partial charge in [-0.25, -0.2) is 9.37 Å². The predicted octanol–water partition coefficient (Wildman–Crippen LogP) is 2.67. The van der Waals surface area contributed by atoms with E-state index in [1.165, 1.54) is 23.0 Å². The number of nitrogens with one attached hydrogen (secondary N) is 3. The van der Waals surface area contributed by atoms with E-state index in [2.05, 4.69) is 42.8 Å². The maximum atomic E-state index is 13.6. The van der Waals surface area contributed by atoms with Crippen LogP contribution in [0.15, 0.2) is 66.4 Å². The zero-order valence-electron chi connectivity index (χ0n) is 20.9. The Hall–Kier alpha value is -5.13. The molecule has 1 aliphatic carbocycles. The van der Waals surface area contributed by atoms with Crippen LogP contribution in [0.2, 0.25) is 0 Å². The van der Waals surface area contributed by atoms with E-state index in [1.807, 2.05) is 18.2 Å². The Bertz CT molecular complexity index is 1700. The number of amidine groups is 1. The van der Waals surface area contributed by atoms with Gasteiger partial charge in [-0.2, -0.15) is 14.6 Å². The van der Waals surface area contributed by atoms with Gasteiger partial charge in [0.15, 0.2) is 5.84 Å². The maximum Gasteiger partial charge on any atom is 0.270 e. The van der Waals surface area contributed by atoms with Crippen LogP contribution in [0.25, 0.3) is 5.78 Å². The molecular formula is C27H23FN8O3. The van der Waals surface area contributed by atoms with Crippen LogP contribution in [0.4, 0.5) is 4.39 Å². The molecule has 12 heteroatoms. The normalized spacial score (nSPS) is 15.9. The molecule has 0 saturated carbocycles. The van der Waals surface area contributed by atoms with Crippen LogP contribution in [0.1, 0.15) is 61.3 Å². The fraction of sp³-hybridized carbons (Fsp3) is 0.185. The van der Waals surface area contributed by atoms with Gasteiger partial charge in [0.25, 0.3) is 17.6 Å². The second-order valence-corrected chi connectivity index (χ2v) is 9.32. The quantitative estimate of drug-likeness (QED) is 0.352. The summed E-state index contributed by atoms with van der Waals surface area (Å²) in [6.07, 6.45) is 2.76. The maximum absolute atomic E-state index is 13.6. The number of hydrogen-bond acceptors (Lipinski definition) is 8. The van der Waals surface area contributed by atoms with E-state index in [4.69, 9.17) is 4.84 Å². The minimum Gasteiger partial charge on any atom is -0.347 e. The molecule has 11 nitrogen and oxygen atoms in total. The summed E-state index contributed by atoms with van der Waals surface area (Å²) in [6, 6.07) is 11.7. The molecule has 0 spiro atoms. The molecule has 2 aliphatic rings. The summed E-state index contributed by atoms with van der Waals surface area (Å²) in [5, 5.41) is 16.9. The number of amides is 2. The van der Waals surface area contributed by atoms with E-state index in [1.54, 1.807) is 19.1 Å². The molecule has 196 valence electrons. The highest BCUT2D eigenvalue weighted by Crippen LogP contribution is 2.32. The SMILES string of the molecule is C=C1NC(c2ccc3c(c2)CC[C@@H]3NC(=O)c2cc(C(=O)NCc3ccc(F)c(C)c3)nc3ncnn23)=NO1. The standard InChI is InChI=1S/C27H23FN8O3/c1-14-9-16(3-7-20(14)28)12-29-25(37)22-11-23(36-27(34-22)30-13-31-36)26(38)33-21-8-5-17-10-18(4-6-19(17)21)24-32-15(2)39-35-24/h3-4,6-7,9-11,13,21H,2,5,8,12H2,1H3,(H,29,37)(H,32,35)(H,33,38)/t21-/m0/s1. The van der Waals surface area contributed by atoms with Crippen molar-refractivity contribution < 1.29 is 18.8 Å². The molecule has 0 unspecified atom stereocenters. The van der Waals surface area contributed by atoms with Crippen LogP contribution in [0.3, 0.4) is 0 Å². The second kappa shape index (κ2) is 9.63. The molecule has 3 heterocycles. The van der Waals surface area contributed by atoms with E-state index in [0.29, 0.717) is 23.7 Å². The summed E-state index contributed by atoms with van der Waals surface area (Å²) < 4.78 is 14.9. The van der Waals surface area contributed by atoms with Crippen molar-refractivity contribution in [3.05, 3.63) is 106 Å². The highest BCUT2D eigenvalue weighted by atomic mass is 19.1. The molecule has 0 bridgehead atoms. The smallest absolute Gasteiger partial charge is 0.270 e. The Balaban J connectivity index is 1.20. The summed E-state index contributed by atoms with van der Waals surface area (Å²) in [7, 11) is 0. The van der Waals surface area contributed by atoms with Gasteiger partial charge >= 0.3 is 0 Å². The fourth-order valence-electron chi connectivity index (χ4n) is 4.73. The molecule has 1 atom stereocenters. The first-order valence-electron chi connectivity index (χ1n) is 12.2. The summed E-state index contributed by atoms with van der Waals surface area (Å²) in [6.45, 7) is 5.52. The van der Waals surface area contributed by atoms with E-state index in [0.717, 1.165) is 28.7 Å². The predicted molar refractivity (Wildman–Crippen MR) is 138 cm³/mol. The Labute approximate surface area is 221 Å². The molecule has 0 saturated heterocycles. The largest absolute Gasteiger partial charge is 0.347 e. The van der Waals surface area contributed by atoms with Gasteiger partial charge in [-0.3, -0.25) is 9.59 Å². The van der Waals surface area contributed by atoms with Crippen LogP contribution < -0.4 is 16.0 Å². The molecule has 6 rings (SSSR count). The average molecular weight is 527 g/mol. The minimum absolute atomic E-state index is 0.0181. The molecule has 0 radical (unpaired) electrons. The van der Waals surface area contributed by atoms with Crippen LogP contribution >= 0.6 is 0 Å². The van der Waals surface area contributed by atoms with Crippen molar-refractivity contribution in [3.63, 3.8) is 0 Å². The summed E-state index contributed by atoms with van der Waals surface area (Å²) in [5.74, 6) is -0.149. The Morgan fingerprint density at radius 3 is 2.87 bits per heavy atom. The van der Waals surface area contributed by atoms with Gasteiger partial charge in [0.1, 0.15) is 23.5 Å². The van der Waals surface area contributed by atoms with Crippen molar-refractivity contribution in [3.8, 4) is 0 Å². The van der Waals surface area contributed by atoms with Gasteiger partial charge in [0.2, 0.25) is 5.88 Å². The summed E-state index contributed by atoms with van der Waals surface area (Å²) in [5.41, 5.74) is 4.33. The number of rotatable bonds is 6. The third-order valence-electron chi connectivity index (χ3n) is 6.70. The van der Waals surface area contributed by atoms with E-state index in [-0.39, 0.29) is 35.6 Å². The lowest BCUT2D eigenvalue weighted by molar-refractivity contribution is 0.0929. The van der Waals surface area contributed by atoms with E-state index >= 15 is 0 Å². The van der Waals surface area contributed by atoms with Gasteiger partial charge < -0.3 is 20.8 Å². The number of hydrogen-bond donors (Lipinski definition) is 3. The number of fused-ring (bicyclic) bond motifs is 2. The third kappa shape index (κ3) is 4.67. The molecule has 0 fully saturated rings. The first-order valence-corrected chi connectivity index (χ1v) is 12.2. The zero-order chi connectivity index (χ0) is 27.1. The van der Waals surface area contributed by atoms with Crippen LogP contribution in [0, 0.1) is 12.7 Å². The van der Waals surface area contributed by atoms with Crippen LogP contribution in [-0.2, 0) is 17.8 Å². The molecule has 1 aliphatic heterocycles. The number of nitrogens with zero attached hydrogens (tertiary/aromatic N) is 5. The van der Waals surface area contributed by atoms with Crippen molar-refractivity contribution >= 4 is 23.4 Å². The van der Waals surface area contributed by atoms with E-state index < -0.39 is 11.8 Å². The number of oxime groups is 1. The lowest BCUT2D eigenvalue weighted by atomic mass is 10.0. The molecule has 39 heavy (non-hydrogen) atoms. The number of halogens is 1. The van der Waals surface area contributed by atoms with Crippen molar-refractivity contribution in [2.45, 2.75) is 32.4 Å².